The molecule has 27 heavy (non-hydrogen) atoms. The van der Waals surface area contributed by atoms with Gasteiger partial charge in [-0.25, -0.2) is 4.98 Å². The molecular weight excluding hydrogens is 366 g/mol. The SMILES string of the molecule is Cn1cc2c(n1)NC(=O)CC2c1cc(Cl)ccc1OCCCn1ccnc1. The van der Waals surface area contributed by atoms with Gasteiger partial charge in [0.1, 0.15) is 5.75 Å². The van der Waals surface area contributed by atoms with Crippen LogP contribution in [0, 0.1) is 0 Å². The van der Waals surface area contributed by atoms with Gasteiger partial charge in [0, 0.05) is 60.7 Å². The quantitative estimate of drug-likeness (QED) is 0.661. The molecule has 0 saturated carbocycles. The maximum Gasteiger partial charge on any atom is 0.226 e. The Bertz CT molecular complexity index is 951. The van der Waals surface area contributed by atoms with E-state index in [1.54, 1.807) is 17.2 Å². The van der Waals surface area contributed by atoms with Gasteiger partial charge in [-0.05, 0) is 24.6 Å². The van der Waals surface area contributed by atoms with Gasteiger partial charge in [-0.15, -0.1) is 0 Å². The van der Waals surface area contributed by atoms with Crippen LogP contribution in [0.3, 0.4) is 0 Å². The van der Waals surface area contributed by atoms with Crippen molar-refractivity contribution in [3.8, 4) is 5.75 Å². The Balaban J connectivity index is 1.55. The molecule has 1 N–H and O–H groups in total. The molecule has 1 unspecified atom stereocenters. The fourth-order valence-electron chi connectivity index (χ4n) is 3.39. The number of halogens is 1. The van der Waals surface area contributed by atoms with Crippen LogP contribution in [-0.2, 0) is 18.4 Å². The summed E-state index contributed by atoms with van der Waals surface area (Å²) >= 11 is 6.25. The van der Waals surface area contributed by atoms with Crippen molar-refractivity contribution in [1.82, 2.24) is 19.3 Å². The Kier molecular flexibility index (Phi) is 4.85. The number of benzene rings is 1. The van der Waals surface area contributed by atoms with Gasteiger partial charge in [0.15, 0.2) is 5.82 Å². The molecule has 7 nitrogen and oxygen atoms in total. The molecule has 0 radical (unpaired) electrons. The number of aryl methyl sites for hydroxylation is 2. The lowest BCUT2D eigenvalue weighted by molar-refractivity contribution is -0.116. The first-order valence-electron chi connectivity index (χ1n) is 8.81. The smallest absolute Gasteiger partial charge is 0.226 e. The van der Waals surface area contributed by atoms with Crippen molar-refractivity contribution < 1.29 is 9.53 Å². The zero-order valence-corrected chi connectivity index (χ0v) is 15.7. The summed E-state index contributed by atoms with van der Waals surface area (Å²) in [7, 11) is 1.84. The number of hydrogen-bond donors (Lipinski definition) is 1. The van der Waals surface area contributed by atoms with Crippen LogP contribution in [0.25, 0.3) is 0 Å². The zero-order chi connectivity index (χ0) is 18.8. The third-order valence-corrected chi connectivity index (χ3v) is 4.84. The standard InChI is InChI=1S/C19H20ClN5O2/c1-24-11-16-14(10-18(26)22-19(16)23-24)15-9-13(20)3-4-17(15)27-8-2-6-25-7-5-21-12-25/h3-5,7,9,11-12,14H,2,6,8,10H2,1H3,(H,22,23,26). The van der Waals surface area contributed by atoms with Crippen molar-refractivity contribution in [2.24, 2.45) is 7.05 Å². The normalized spacial score (nSPS) is 16.1. The molecule has 1 atom stereocenters. The van der Waals surface area contributed by atoms with E-state index in [-0.39, 0.29) is 11.8 Å². The van der Waals surface area contributed by atoms with Crippen molar-refractivity contribution in [2.45, 2.75) is 25.3 Å². The summed E-state index contributed by atoms with van der Waals surface area (Å²) < 4.78 is 9.77. The zero-order valence-electron chi connectivity index (χ0n) is 14.9. The summed E-state index contributed by atoms with van der Waals surface area (Å²) in [6.07, 6.45) is 8.60. The number of nitrogens with one attached hydrogen (secondary N) is 1. The summed E-state index contributed by atoms with van der Waals surface area (Å²) in [5.41, 5.74) is 1.89. The van der Waals surface area contributed by atoms with Gasteiger partial charge >= 0.3 is 0 Å². The topological polar surface area (TPSA) is 74.0 Å². The van der Waals surface area contributed by atoms with E-state index in [0.717, 1.165) is 29.8 Å². The second-order valence-electron chi connectivity index (χ2n) is 6.60. The molecule has 8 heteroatoms. The number of aromatic nitrogens is 4. The lowest BCUT2D eigenvalue weighted by atomic mass is 9.87. The van der Waals surface area contributed by atoms with E-state index in [1.165, 1.54) is 0 Å². The van der Waals surface area contributed by atoms with Crippen molar-refractivity contribution in [3.63, 3.8) is 0 Å². The molecule has 3 aromatic rings. The molecule has 2 aromatic heterocycles. The van der Waals surface area contributed by atoms with Crippen LogP contribution in [0.2, 0.25) is 5.02 Å². The number of hydrogen-bond acceptors (Lipinski definition) is 4. The molecule has 4 rings (SSSR count). The second-order valence-corrected chi connectivity index (χ2v) is 7.03. The fourth-order valence-corrected chi connectivity index (χ4v) is 3.57. The minimum atomic E-state index is -0.134. The predicted octanol–water partition coefficient (Wildman–Crippen LogP) is 3.21. The van der Waals surface area contributed by atoms with Crippen LogP contribution < -0.4 is 10.1 Å². The van der Waals surface area contributed by atoms with Crippen LogP contribution >= 0.6 is 11.6 Å². The van der Waals surface area contributed by atoms with E-state index in [4.69, 9.17) is 16.3 Å². The number of carbonyl (C=O) groups is 1. The Morgan fingerprint density at radius 3 is 3.07 bits per heavy atom. The van der Waals surface area contributed by atoms with Crippen molar-refractivity contribution in [2.75, 3.05) is 11.9 Å². The highest BCUT2D eigenvalue weighted by Gasteiger charge is 2.31. The van der Waals surface area contributed by atoms with Crippen molar-refractivity contribution in [3.05, 3.63) is 59.3 Å². The number of imidazole rings is 1. The minimum Gasteiger partial charge on any atom is -0.493 e. The van der Waals surface area contributed by atoms with Gasteiger partial charge in [-0.3, -0.25) is 9.48 Å². The van der Waals surface area contributed by atoms with Gasteiger partial charge in [-0.2, -0.15) is 5.10 Å². The third-order valence-electron chi connectivity index (χ3n) is 4.60. The summed E-state index contributed by atoms with van der Waals surface area (Å²) in [6.45, 7) is 1.40. The van der Waals surface area contributed by atoms with Crippen LogP contribution in [0.15, 0.2) is 43.1 Å². The first-order valence-corrected chi connectivity index (χ1v) is 9.19. The number of nitrogens with zero attached hydrogens (tertiary/aromatic N) is 4. The van der Waals surface area contributed by atoms with Crippen molar-refractivity contribution in [1.29, 1.82) is 0 Å². The molecule has 3 heterocycles. The van der Waals surface area contributed by atoms with Gasteiger partial charge in [0.25, 0.3) is 0 Å². The Morgan fingerprint density at radius 2 is 2.26 bits per heavy atom. The van der Waals surface area contributed by atoms with E-state index < -0.39 is 0 Å². The molecule has 1 aliphatic rings. The van der Waals surface area contributed by atoms with E-state index in [1.807, 2.05) is 42.2 Å². The number of fused-ring (bicyclic) bond motifs is 1. The average Bonchev–Trinajstić information content (AvgIpc) is 3.27. The first kappa shape index (κ1) is 17.6. The number of ether oxygens (including phenoxy) is 1. The number of rotatable bonds is 6. The predicted molar refractivity (Wildman–Crippen MR) is 102 cm³/mol. The second kappa shape index (κ2) is 7.44. The third kappa shape index (κ3) is 3.83. The van der Waals surface area contributed by atoms with Crippen LogP contribution in [-0.4, -0.2) is 31.8 Å². The lowest BCUT2D eigenvalue weighted by Gasteiger charge is -2.24. The summed E-state index contributed by atoms with van der Waals surface area (Å²) in [5, 5.41) is 7.78. The maximum atomic E-state index is 12.2. The largest absolute Gasteiger partial charge is 0.493 e. The molecule has 0 bridgehead atoms. The summed E-state index contributed by atoms with van der Waals surface area (Å²) in [4.78, 5) is 16.2. The Labute approximate surface area is 161 Å². The fraction of sp³-hybridized carbons (Fsp3) is 0.316. The molecule has 1 amide bonds. The summed E-state index contributed by atoms with van der Waals surface area (Å²) in [6, 6.07) is 5.56. The molecular formula is C19H20ClN5O2. The molecule has 1 aliphatic heterocycles. The minimum absolute atomic E-state index is 0.0581. The van der Waals surface area contributed by atoms with Gasteiger partial charge in [0.2, 0.25) is 5.91 Å². The number of carbonyl (C=O) groups excluding carboxylic acids is 1. The van der Waals surface area contributed by atoms with Crippen molar-refractivity contribution >= 4 is 23.3 Å². The molecule has 140 valence electrons. The van der Waals surface area contributed by atoms with E-state index in [2.05, 4.69) is 15.4 Å². The first-order chi connectivity index (χ1) is 13.1. The van der Waals surface area contributed by atoms with E-state index in [0.29, 0.717) is 23.9 Å². The molecule has 0 fully saturated rings. The molecule has 0 spiro atoms. The van der Waals surface area contributed by atoms with E-state index in [9.17, 15) is 4.79 Å². The number of amides is 1. The highest BCUT2D eigenvalue weighted by atomic mass is 35.5. The highest BCUT2D eigenvalue weighted by molar-refractivity contribution is 6.30. The Morgan fingerprint density at radius 1 is 1.37 bits per heavy atom. The molecule has 1 aromatic carbocycles. The average molecular weight is 386 g/mol. The van der Waals surface area contributed by atoms with Gasteiger partial charge in [0.05, 0.1) is 12.9 Å². The van der Waals surface area contributed by atoms with Crippen LogP contribution in [0.5, 0.6) is 5.75 Å². The van der Waals surface area contributed by atoms with Gasteiger partial charge < -0.3 is 14.6 Å². The maximum absolute atomic E-state index is 12.2. The molecule has 0 saturated heterocycles. The Hall–Kier alpha value is -2.80. The van der Waals surface area contributed by atoms with Crippen LogP contribution in [0.1, 0.15) is 29.9 Å². The molecule has 0 aliphatic carbocycles. The number of anilines is 1. The monoisotopic (exact) mass is 385 g/mol. The lowest BCUT2D eigenvalue weighted by Crippen LogP contribution is -2.23. The van der Waals surface area contributed by atoms with Gasteiger partial charge in [-0.1, -0.05) is 11.6 Å². The highest BCUT2D eigenvalue weighted by Crippen LogP contribution is 2.41. The summed E-state index contributed by atoms with van der Waals surface area (Å²) in [5.74, 6) is 1.16. The van der Waals surface area contributed by atoms with E-state index >= 15 is 0 Å². The van der Waals surface area contributed by atoms with Crippen LogP contribution in [0.4, 0.5) is 5.82 Å².